The van der Waals surface area contributed by atoms with Gasteiger partial charge in [0.2, 0.25) is 0 Å². The molecule has 1 aromatic rings. The molecule has 1 aromatic heterocycles. The van der Waals surface area contributed by atoms with Crippen LogP contribution in [0.2, 0.25) is 0 Å². The van der Waals surface area contributed by atoms with Crippen LogP contribution in [-0.2, 0) is 7.05 Å². The van der Waals surface area contributed by atoms with Crippen LogP contribution in [0.3, 0.4) is 0 Å². The summed E-state index contributed by atoms with van der Waals surface area (Å²) < 4.78 is 1.62. The Kier molecular flexibility index (Phi) is 4.69. The Morgan fingerprint density at radius 1 is 1.59 bits per heavy atom. The van der Waals surface area contributed by atoms with E-state index in [0.717, 1.165) is 12.8 Å². The molecule has 3 N–H and O–H groups in total. The minimum Gasteiger partial charge on any atom is -0.351 e. The van der Waals surface area contributed by atoms with Crippen LogP contribution in [0.25, 0.3) is 0 Å². The zero-order valence-corrected chi connectivity index (χ0v) is 10.9. The zero-order valence-electron chi connectivity index (χ0n) is 10.9. The molecule has 0 aliphatic carbocycles. The Morgan fingerprint density at radius 3 is 2.82 bits per heavy atom. The fourth-order valence-corrected chi connectivity index (χ4v) is 1.63. The number of aromatic nitrogens is 2. The minimum atomic E-state index is -0.0704. The van der Waals surface area contributed by atoms with Gasteiger partial charge in [0.1, 0.15) is 0 Å². The van der Waals surface area contributed by atoms with Gasteiger partial charge in [-0.3, -0.25) is 9.48 Å². The number of carbonyl (C=O) groups is 1. The molecule has 0 atom stereocenters. The molecule has 1 rings (SSSR count). The Hall–Kier alpha value is -1.36. The highest BCUT2D eigenvalue weighted by Gasteiger charge is 2.18. The molecule has 0 radical (unpaired) electrons. The van der Waals surface area contributed by atoms with E-state index in [-0.39, 0.29) is 11.3 Å². The first kappa shape index (κ1) is 13.7. The standard InChI is InChI=1S/C12H22N4O/c1-12(2,5-4-6-13)9-14-11(17)10-7-15-16(3)8-10/h7-8H,4-6,9,13H2,1-3H3,(H,14,17). The topological polar surface area (TPSA) is 72.9 Å². The van der Waals surface area contributed by atoms with Crippen molar-refractivity contribution < 1.29 is 4.79 Å². The van der Waals surface area contributed by atoms with E-state index in [1.165, 1.54) is 0 Å². The minimum absolute atomic E-state index is 0.0704. The summed E-state index contributed by atoms with van der Waals surface area (Å²) in [5, 5.41) is 6.90. The lowest BCUT2D eigenvalue weighted by atomic mass is 9.87. The van der Waals surface area contributed by atoms with Crippen LogP contribution in [0.5, 0.6) is 0 Å². The highest BCUT2D eigenvalue weighted by Crippen LogP contribution is 2.20. The number of rotatable bonds is 6. The molecule has 0 spiro atoms. The van der Waals surface area contributed by atoms with Crippen molar-refractivity contribution in [3.8, 4) is 0 Å². The van der Waals surface area contributed by atoms with Crippen LogP contribution in [0.4, 0.5) is 0 Å². The van der Waals surface area contributed by atoms with Crippen LogP contribution in [0.1, 0.15) is 37.0 Å². The molecule has 1 heterocycles. The largest absolute Gasteiger partial charge is 0.351 e. The van der Waals surface area contributed by atoms with E-state index >= 15 is 0 Å². The summed E-state index contributed by atoms with van der Waals surface area (Å²) in [6, 6.07) is 0. The van der Waals surface area contributed by atoms with Crippen molar-refractivity contribution in [3.05, 3.63) is 18.0 Å². The predicted octanol–water partition coefficient (Wildman–Crippen LogP) is 0.915. The highest BCUT2D eigenvalue weighted by molar-refractivity contribution is 5.93. The number of hydrogen-bond acceptors (Lipinski definition) is 3. The fourth-order valence-electron chi connectivity index (χ4n) is 1.63. The molecular formula is C12H22N4O. The summed E-state index contributed by atoms with van der Waals surface area (Å²) in [4.78, 5) is 11.8. The summed E-state index contributed by atoms with van der Waals surface area (Å²) in [6.45, 7) is 5.61. The lowest BCUT2D eigenvalue weighted by Crippen LogP contribution is -2.34. The molecule has 0 aliphatic rings. The zero-order chi connectivity index (χ0) is 12.9. The van der Waals surface area contributed by atoms with Crippen molar-refractivity contribution >= 4 is 5.91 Å². The van der Waals surface area contributed by atoms with Gasteiger partial charge in [-0.05, 0) is 24.8 Å². The molecule has 0 unspecified atom stereocenters. The molecule has 1 amide bonds. The third kappa shape index (κ3) is 4.56. The molecule has 96 valence electrons. The summed E-state index contributed by atoms with van der Waals surface area (Å²) >= 11 is 0. The molecule has 5 heteroatoms. The van der Waals surface area contributed by atoms with Gasteiger partial charge in [0.05, 0.1) is 11.8 Å². The second-order valence-electron chi connectivity index (χ2n) is 5.14. The van der Waals surface area contributed by atoms with E-state index < -0.39 is 0 Å². The molecule has 0 bridgehead atoms. The molecule has 0 fully saturated rings. The lowest BCUT2D eigenvalue weighted by molar-refractivity contribution is 0.0934. The van der Waals surface area contributed by atoms with Gasteiger partial charge in [-0.15, -0.1) is 0 Å². The normalized spacial score (nSPS) is 11.5. The summed E-state index contributed by atoms with van der Waals surface area (Å²) in [5.41, 5.74) is 6.17. The van der Waals surface area contributed by atoms with E-state index in [1.54, 1.807) is 24.1 Å². The van der Waals surface area contributed by atoms with E-state index in [2.05, 4.69) is 24.3 Å². The van der Waals surface area contributed by atoms with Crippen LogP contribution in [-0.4, -0.2) is 28.8 Å². The Bertz CT molecular complexity index is 370. The van der Waals surface area contributed by atoms with E-state index in [0.29, 0.717) is 18.7 Å². The SMILES string of the molecule is Cn1cc(C(=O)NCC(C)(C)CCCN)cn1. The van der Waals surface area contributed by atoms with Crippen LogP contribution >= 0.6 is 0 Å². The predicted molar refractivity (Wildman–Crippen MR) is 67.6 cm³/mol. The van der Waals surface area contributed by atoms with Gasteiger partial charge in [-0.1, -0.05) is 13.8 Å². The Labute approximate surface area is 102 Å². The molecule has 0 aromatic carbocycles. The van der Waals surface area contributed by atoms with Gasteiger partial charge in [-0.2, -0.15) is 5.10 Å². The first-order chi connectivity index (χ1) is 7.94. The number of nitrogens with two attached hydrogens (primary N) is 1. The van der Waals surface area contributed by atoms with Crippen molar-refractivity contribution in [1.29, 1.82) is 0 Å². The molecule has 17 heavy (non-hydrogen) atoms. The maximum absolute atomic E-state index is 11.8. The second kappa shape index (κ2) is 5.82. The average molecular weight is 238 g/mol. The first-order valence-electron chi connectivity index (χ1n) is 5.91. The number of carbonyl (C=O) groups excluding carboxylic acids is 1. The quantitative estimate of drug-likeness (QED) is 0.774. The van der Waals surface area contributed by atoms with Crippen molar-refractivity contribution in [3.63, 3.8) is 0 Å². The first-order valence-corrected chi connectivity index (χ1v) is 5.91. The number of nitrogens with one attached hydrogen (secondary N) is 1. The number of aryl methyl sites for hydroxylation is 1. The summed E-state index contributed by atoms with van der Waals surface area (Å²) in [5.74, 6) is -0.0704. The van der Waals surface area contributed by atoms with Crippen molar-refractivity contribution in [2.75, 3.05) is 13.1 Å². The van der Waals surface area contributed by atoms with Crippen LogP contribution < -0.4 is 11.1 Å². The smallest absolute Gasteiger partial charge is 0.254 e. The number of nitrogens with zero attached hydrogens (tertiary/aromatic N) is 2. The molecule has 0 saturated heterocycles. The van der Waals surface area contributed by atoms with Gasteiger partial charge < -0.3 is 11.1 Å². The van der Waals surface area contributed by atoms with Crippen molar-refractivity contribution in [1.82, 2.24) is 15.1 Å². The molecular weight excluding hydrogens is 216 g/mol. The maximum Gasteiger partial charge on any atom is 0.254 e. The van der Waals surface area contributed by atoms with Crippen LogP contribution in [0, 0.1) is 5.41 Å². The van der Waals surface area contributed by atoms with E-state index in [1.807, 2.05) is 0 Å². The van der Waals surface area contributed by atoms with Gasteiger partial charge in [0.25, 0.3) is 5.91 Å². The summed E-state index contributed by atoms with van der Waals surface area (Å²) in [6.07, 6.45) is 5.27. The van der Waals surface area contributed by atoms with E-state index in [4.69, 9.17) is 5.73 Å². The number of hydrogen-bond donors (Lipinski definition) is 2. The third-order valence-corrected chi connectivity index (χ3v) is 2.75. The molecule has 5 nitrogen and oxygen atoms in total. The maximum atomic E-state index is 11.8. The second-order valence-corrected chi connectivity index (χ2v) is 5.14. The fraction of sp³-hybridized carbons (Fsp3) is 0.667. The van der Waals surface area contributed by atoms with E-state index in [9.17, 15) is 4.79 Å². The molecule has 0 saturated carbocycles. The average Bonchev–Trinajstić information content (AvgIpc) is 2.70. The van der Waals surface area contributed by atoms with Crippen LogP contribution in [0.15, 0.2) is 12.4 Å². The number of amides is 1. The van der Waals surface area contributed by atoms with Gasteiger partial charge in [0.15, 0.2) is 0 Å². The van der Waals surface area contributed by atoms with Crippen molar-refractivity contribution in [2.45, 2.75) is 26.7 Å². The molecule has 0 aliphatic heterocycles. The third-order valence-electron chi connectivity index (χ3n) is 2.75. The summed E-state index contributed by atoms with van der Waals surface area (Å²) in [7, 11) is 1.79. The van der Waals surface area contributed by atoms with Gasteiger partial charge in [0, 0.05) is 19.8 Å². The Morgan fingerprint density at radius 2 is 2.29 bits per heavy atom. The van der Waals surface area contributed by atoms with Crippen molar-refractivity contribution in [2.24, 2.45) is 18.2 Å². The Balaban J connectivity index is 2.42. The monoisotopic (exact) mass is 238 g/mol. The van der Waals surface area contributed by atoms with Gasteiger partial charge in [-0.25, -0.2) is 0 Å². The highest BCUT2D eigenvalue weighted by atomic mass is 16.1. The van der Waals surface area contributed by atoms with Gasteiger partial charge >= 0.3 is 0 Å². The lowest BCUT2D eigenvalue weighted by Gasteiger charge is -2.24.